The Hall–Kier alpha value is -4.92. The van der Waals surface area contributed by atoms with Crippen molar-refractivity contribution in [3.05, 3.63) is 103 Å². The van der Waals surface area contributed by atoms with Gasteiger partial charge in [-0.05, 0) is 48.2 Å². The maximum absolute atomic E-state index is 15.3. The second-order valence-corrected chi connectivity index (χ2v) is 10.6. The first-order valence-corrected chi connectivity index (χ1v) is 13.1. The number of aromatic nitrogens is 6. The molecule has 1 aliphatic carbocycles. The van der Waals surface area contributed by atoms with E-state index in [9.17, 15) is 4.79 Å². The summed E-state index contributed by atoms with van der Waals surface area (Å²) in [5, 5.41) is 5.34. The lowest BCUT2D eigenvalue weighted by atomic mass is 9.91. The summed E-state index contributed by atoms with van der Waals surface area (Å²) in [7, 11) is 3.38. The third-order valence-corrected chi connectivity index (χ3v) is 7.80. The second-order valence-electron chi connectivity index (χ2n) is 10.6. The van der Waals surface area contributed by atoms with Crippen molar-refractivity contribution >= 4 is 22.6 Å². The van der Waals surface area contributed by atoms with Gasteiger partial charge in [0.1, 0.15) is 12.4 Å². The summed E-state index contributed by atoms with van der Waals surface area (Å²) < 4.78 is 18.9. The molecular formula is C31H26FN7O. The van der Waals surface area contributed by atoms with Crippen LogP contribution < -0.4 is 0 Å². The van der Waals surface area contributed by atoms with Crippen LogP contribution in [-0.2, 0) is 16.8 Å². The van der Waals surface area contributed by atoms with Crippen molar-refractivity contribution in [2.75, 3.05) is 14.1 Å². The van der Waals surface area contributed by atoms with Crippen molar-refractivity contribution in [3.8, 4) is 22.3 Å². The Morgan fingerprint density at radius 3 is 2.60 bits per heavy atom. The van der Waals surface area contributed by atoms with Gasteiger partial charge in [-0.25, -0.2) is 14.4 Å². The van der Waals surface area contributed by atoms with Gasteiger partial charge in [-0.15, -0.1) is 0 Å². The first-order chi connectivity index (χ1) is 19.4. The van der Waals surface area contributed by atoms with Gasteiger partial charge in [-0.1, -0.05) is 24.3 Å². The maximum atomic E-state index is 15.3. The number of hydrogen-bond donors (Lipinski definition) is 0. The van der Waals surface area contributed by atoms with Crippen LogP contribution in [0.3, 0.4) is 0 Å². The van der Waals surface area contributed by atoms with Crippen molar-refractivity contribution in [2.45, 2.75) is 24.8 Å². The van der Waals surface area contributed by atoms with Crippen LogP contribution in [0.1, 0.15) is 24.1 Å². The first-order valence-electron chi connectivity index (χ1n) is 13.1. The molecule has 0 saturated heterocycles. The number of carbonyl (C=O) groups excluding carboxylic acids is 1. The molecule has 0 bridgehead atoms. The van der Waals surface area contributed by atoms with Gasteiger partial charge < -0.3 is 4.90 Å². The zero-order chi connectivity index (χ0) is 27.4. The van der Waals surface area contributed by atoms with E-state index in [1.54, 1.807) is 38.8 Å². The molecule has 0 aliphatic heterocycles. The molecule has 0 atom stereocenters. The topological polar surface area (TPSA) is 81.2 Å². The average molecular weight is 532 g/mol. The van der Waals surface area contributed by atoms with Crippen LogP contribution in [-0.4, -0.2) is 54.0 Å². The van der Waals surface area contributed by atoms with Crippen molar-refractivity contribution in [2.24, 2.45) is 0 Å². The number of carbonyl (C=O) groups is 1. The highest BCUT2D eigenvalue weighted by atomic mass is 19.1. The summed E-state index contributed by atoms with van der Waals surface area (Å²) in [4.78, 5) is 27.1. The van der Waals surface area contributed by atoms with Gasteiger partial charge in [0.15, 0.2) is 0 Å². The summed E-state index contributed by atoms with van der Waals surface area (Å²) in [6.07, 6.45) is 12.7. The van der Waals surface area contributed by atoms with Crippen LogP contribution in [0, 0.1) is 5.82 Å². The van der Waals surface area contributed by atoms with E-state index in [1.165, 1.54) is 21.2 Å². The van der Waals surface area contributed by atoms with Crippen LogP contribution in [0.15, 0.2) is 85.7 Å². The van der Waals surface area contributed by atoms with Gasteiger partial charge in [-0.3, -0.25) is 18.9 Å². The number of benzene rings is 2. The van der Waals surface area contributed by atoms with E-state index < -0.39 is 0 Å². The highest BCUT2D eigenvalue weighted by molar-refractivity contribution is 5.80. The van der Waals surface area contributed by atoms with Crippen LogP contribution in [0.4, 0.5) is 4.39 Å². The van der Waals surface area contributed by atoms with E-state index in [0.29, 0.717) is 22.5 Å². The Balaban J connectivity index is 1.21. The predicted molar refractivity (Wildman–Crippen MR) is 150 cm³/mol. The first kappa shape index (κ1) is 24.1. The lowest BCUT2D eigenvalue weighted by Gasteiger charge is -2.17. The van der Waals surface area contributed by atoms with Crippen molar-refractivity contribution in [1.82, 2.24) is 34.0 Å². The van der Waals surface area contributed by atoms with Crippen molar-refractivity contribution < 1.29 is 9.18 Å². The Kier molecular flexibility index (Phi) is 5.48. The van der Waals surface area contributed by atoms with E-state index in [-0.39, 0.29) is 23.7 Å². The zero-order valence-electron chi connectivity index (χ0n) is 22.1. The third kappa shape index (κ3) is 4.02. The number of pyridine rings is 1. The molecule has 0 N–H and O–H groups in total. The van der Waals surface area contributed by atoms with E-state index >= 15 is 4.39 Å². The predicted octanol–water partition coefficient (Wildman–Crippen LogP) is 5.12. The number of nitrogens with zero attached hydrogens (tertiary/aromatic N) is 7. The van der Waals surface area contributed by atoms with Crippen LogP contribution in [0.25, 0.3) is 38.9 Å². The quantitative estimate of drug-likeness (QED) is 0.298. The minimum Gasteiger partial charge on any atom is -0.347 e. The molecule has 1 aliphatic rings. The molecule has 6 aromatic rings. The minimum atomic E-state index is -0.370. The van der Waals surface area contributed by atoms with E-state index in [0.717, 1.165) is 35.0 Å². The molecule has 7 rings (SSSR count). The van der Waals surface area contributed by atoms with E-state index in [2.05, 4.69) is 44.3 Å². The summed E-state index contributed by atoms with van der Waals surface area (Å²) in [6.45, 7) is 0.100. The smallest absolute Gasteiger partial charge is 0.243 e. The molecule has 1 saturated carbocycles. The van der Waals surface area contributed by atoms with Gasteiger partial charge in [0.2, 0.25) is 11.7 Å². The molecular weight excluding hydrogens is 505 g/mol. The van der Waals surface area contributed by atoms with Crippen LogP contribution >= 0.6 is 0 Å². The molecule has 1 fully saturated rings. The fourth-order valence-electron chi connectivity index (χ4n) is 5.37. The lowest BCUT2D eigenvalue weighted by molar-refractivity contribution is -0.129. The number of fused-ring (bicyclic) bond motifs is 2. The molecule has 8 nitrogen and oxygen atoms in total. The number of amides is 1. The summed E-state index contributed by atoms with van der Waals surface area (Å²) in [6, 6.07) is 15.6. The van der Waals surface area contributed by atoms with Crippen molar-refractivity contribution in [1.29, 1.82) is 0 Å². The lowest BCUT2D eigenvalue weighted by Crippen LogP contribution is -2.26. The zero-order valence-corrected chi connectivity index (χ0v) is 22.1. The van der Waals surface area contributed by atoms with Gasteiger partial charge in [0, 0.05) is 66.4 Å². The molecule has 4 aromatic heterocycles. The second kappa shape index (κ2) is 9.08. The van der Waals surface area contributed by atoms with Crippen LogP contribution in [0.2, 0.25) is 0 Å². The molecule has 0 spiro atoms. The number of imidazole rings is 1. The van der Waals surface area contributed by atoms with Crippen LogP contribution in [0.5, 0.6) is 0 Å². The van der Waals surface area contributed by atoms with Gasteiger partial charge in [-0.2, -0.15) is 5.10 Å². The van der Waals surface area contributed by atoms with Gasteiger partial charge in [0.05, 0.1) is 23.6 Å². The fraction of sp³-hybridized carbons (Fsp3) is 0.194. The molecule has 9 heteroatoms. The number of hydrogen-bond acceptors (Lipinski definition) is 5. The third-order valence-electron chi connectivity index (χ3n) is 7.80. The molecule has 0 radical (unpaired) electrons. The molecule has 2 aromatic carbocycles. The Morgan fingerprint density at radius 2 is 1.80 bits per heavy atom. The highest BCUT2D eigenvalue weighted by Crippen LogP contribution is 2.53. The molecule has 40 heavy (non-hydrogen) atoms. The number of halogens is 1. The van der Waals surface area contributed by atoms with Gasteiger partial charge in [0.25, 0.3) is 0 Å². The Labute approximate surface area is 229 Å². The monoisotopic (exact) mass is 531 g/mol. The number of likely N-dealkylation sites (N-methyl/N-ethyl adjacent to an activating group) is 1. The summed E-state index contributed by atoms with van der Waals surface area (Å²) >= 11 is 0. The van der Waals surface area contributed by atoms with Gasteiger partial charge >= 0.3 is 0 Å². The normalized spacial score (nSPS) is 14.1. The SMILES string of the molecule is CN(C)C(=O)Cn1cc(-c2ccc(-c3cnc4ncc(C5(c6ccc7ncccc7c6)CC5)n4c3)cc2F)cn1. The van der Waals surface area contributed by atoms with Crippen molar-refractivity contribution in [3.63, 3.8) is 0 Å². The molecule has 1 amide bonds. The largest absolute Gasteiger partial charge is 0.347 e. The minimum absolute atomic E-state index is 0.0853. The fourth-order valence-corrected chi connectivity index (χ4v) is 5.37. The average Bonchev–Trinajstić information content (AvgIpc) is 3.44. The highest BCUT2D eigenvalue weighted by Gasteiger charge is 2.48. The maximum Gasteiger partial charge on any atom is 0.243 e. The summed E-state index contributed by atoms with van der Waals surface area (Å²) in [5.74, 6) is 0.160. The Morgan fingerprint density at radius 1 is 0.950 bits per heavy atom. The molecule has 198 valence electrons. The molecule has 0 unspecified atom stereocenters. The molecule has 4 heterocycles. The standard InChI is InChI=1S/C31H26FN7O/c1-37(2)29(40)19-38-17-23(15-36-38)25-7-5-20(13-26(25)32)22-14-34-30-35-16-28(39(30)18-22)31(9-10-31)24-6-8-27-21(12-24)4-3-11-33-27/h3-8,11-18H,9-10,19H2,1-2H3. The number of rotatable bonds is 6. The summed E-state index contributed by atoms with van der Waals surface area (Å²) in [5.41, 5.74) is 5.71. The van der Waals surface area contributed by atoms with E-state index in [1.807, 2.05) is 35.1 Å². The van der Waals surface area contributed by atoms with E-state index in [4.69, 9.17) is 0 Å². The Bertz CT molecular complexity index is 1920.